The number of ether oxygens (including phenoxy) is 5. The van der Waals surface area contributed by atoms with Crippen LogP contribution in [0.1, 0.15) is 38.0 Å². The highest BCUT2D eigenvalue weighted by molar-refractivity contribution is 5.90. The van der Waals surface area contributed by atoms with Gasteiger partial charge in [0.2, 0.25) is 0 Å². The van der Waals surface area contributed by atoms with E-state index in [0.29, 0.717) is 5.56 Å². The maximum Gasteiger partial charge on any atom is 0.338 e. The molecular weight excluding hydrogens is 492 g/mol. The first kappa shape index (κ1) is 27.0. The second-order valence-electron chi connectivity index (χ2n) is 8.43. The molecule has 0 aromatic heterocycles. The first-order valence-corrected chi connectivity index (χ1v) is 12.2. The summed E-state index contributed by atoms with van der Waals surface area (Å²) in [5, 5.41) is 10.9. The molecule has 3 aromatic rings. The molecule has 1 heterocycles. The number of carbonyl (C=O) groups excluding carboxylic acids is 3. The van der Waals surface area contributed by atoms with Crippen LogP contribution >= 0.6 is 0 Å². The van der Waals surface area contributed by atoms with Crippen molar-refractivity contribution in [2.24, 2.45) is 0 Å². The molecule has 0 aliphatic carbocycles. The minimum absolute atomic E-state index is 0.200. The summed E-state index contributed by atoms with van der Waals surface area (Å²) in [5.41, 5.74) is 0.809. The molecule has 0 radical (unpaired) electrons. The molecule has 3 aromatic carbocycles. The van der Waals surface area contributed by atoms with Gasteiger partial charge in [-0.15, -0.1) is 0 Å². The summed E-state index contributed by atoms with van der Waals surface area (Å²) >= 11 is 0. The zero-order chi connectivity index (χ0) is 26.9. The van der Waals surface area contributed by atoms with Crippen molar-refractivity contribution in [3.8, 4) is 0 Å². The van der Waals surface area contributed by atoms with Crippen LogP contribution in [0.25, 0.3) is 0 Å². The Kier molecular flexibility index (Phi) is 9.21. The number of esters is 3. The van der Waals surface area contributed by atoms with Gasteiger partial charge in [-0.2, -0.15) is 0 Å². The van der Waals surface area contributed by atoms with Gasteiger partial charge in [0.1, 0.15) is 18.8 Å². The van der Waals surface area contributed by atoms with Gasteiger partial charge < -0.3 is 28.8 Å². The molecule has 1 aliphatic rings. The second-order valence-corrected chi connectivity index (χ2v) is 8.43. The average molecular weight is 521 g/mol. The smallest absolute Gasteiger partial charge is 0.338 e. The Morgan fingerprint density at radius 1 is 0.789 bits per heavy atom. The summed E-state index contributed by atoms with van der Waals surface area (Å²) in [5.74, 6) is -2.07. The molecule has 0 bridgehead atoms. The van der Waals surface area contributed by atoms with Crippen molar-refractivity contribution in [1.82, 2.24) is 0 Å². The number of benzene rings is 3. The maximum absolute atomic E-state index is 12.9. The minimum Gasteiger partial charge on any atom is -0.458 e. The minimum atomic E-state index is -1.39. The van der Waals surface area contributed by atoms with Crippen molar-refractivity contribution in [3.05, 3.63) is 108 Å². The molecule has 0 saturated carbocycles. The van der Waals surface area contributed by atoms with Crippen LogP contribution in [0.15, 0.2) is 91.0 Å². The number of rotatable bonds is 10. The molecule has 198 valence electrons. The number of aliphatic hydroxyl groups is 1. The van der Waals surface area contributed by atoms with E-state index in [1.54, 1.807) is 97.9 Å². The Morgan fingerprint density at radius 3 is 1.82 bits per heavy atom. The van der Waals surface area contributed by atoms with Gasteiger partial charge in [0.15, 0.2) is 18.5 Å². The fourth-order valence-electron chi connectivity index (χ4n) is 3.96. The van der Waals surface area contributed by atoms with Gasteiger partial charge in [-0.3, -0.25) is 0 Å². The molecule has 0 amide bonds. The van der Waals surface area contributed by atoms with E-state index in [9.17, 15) is 19.5 Å². The van der Waals surface area contributed by atoms with Crippen molar-refractivity contribution in [1.29, 1.82) is 0 Å². The lowest BCUT2D eigenvalue weighted by molar-refractivity contribution is -0.178. The zero-order valence-electron chi connectivity index (χ0n) is 20.7. The Balaban J connectivity index is 1.59. The van der Waals surface area contributed by atoms with E-state index in [0.717, 1.165) is 0 Å². The topological polar surface area (TPSA) is 118 Å². The summed E-state index contributed by atoms with van der Waals surface area (Å²) in [7, 11) is 0. The zero-order valence-corrected chi connectivity index (χ0v) is 20.7. The largest absolute Gasteiger partial charge is 0.458 e. The third kappa shape index (κ3) is 6.63. The van der Waals surface area contributed by atoms with Gasteiger partial charge in [-0.05, 0) is 43.3 Å². The lowest BCUT2D eigenvalue weighted by Crippen LogP contribution is -2.46. The highest BCUT2D eigenvalue weighted by atomic mass is 16.7. The molecule has 1 aliphatic heterocycles. The van der Waals surface area contributed by atoms with Crippen molar-refractivity contribution in [3.63, 3.8) is 0 Å². The predicted molar refractivity (Wildman–Crippen MR) is 134 cm³/mol. The lowest BCUT2D eigenvalue weighted by Gasteiger charge is -2.27. The van der Waals surface area contributed by atoms with E-state index in [4.69, 9.17) is 23.7 Å². The van der Waals surface area contributed by atoms with Crippen LogP contribution in [0, 0.1) is 0 Å². The molecule has 1 N–H and O–H groups in total. The van der Waals surface area contributed by atoms with Crippen molar-refractivity contribution < 1.29 is 43.2 Å². The summed E-state index contributed by atoms with van der Waals surface area (Å²) < 4.78 is 28.1. The van der Waals surface area contributed by atoms with Crippen LogP contribution in [-0.4, -0.2) is 66.9 Å². The van der Waals surface area contributed by atoms with E-state index >= 15 is 0 Å². The molecule has 1 fully saturated rings. The van der Waals surface area contributed by atoms with Crippen LogP contribution in [0.3, 0.4) is 0 Å². The maximum atomic E-state index is 12.9. The first-order valence-electron chi connectivity index (χ1n) is 12.2. The van der Waals surface area contributed by atoms with Gasteiger partial charge in [0, 0.05) is 6.61 Å². The van der Waals surface area contributed by atoms with Gasteiger partial charge in [0.25, 0.3) is 0 Å². The third-order valence-electron chi connectivity index (χ3n) is 5.84. The summed E-state index contributed by atoms with van der Waals surface area (Å²) in [6.45, 7) is 1.48. The number of hydrogen-bond donors (Lipinski definition) is 1. The molecule has 9 nitrogen and oxygen atoms in total. The van der Waals surface area contributed by atoms with Crippen LogP contribution in [0.4, 0.5) is 0 Å². The Bertz CT molecular complexity index is 1200. The number of aliphatic hydroxyl groups excluding tert-OH is 1. The van der Waals surface area contributed by atoms with E-state index < -0.39 is 55.2 Å². The van der Waals surface area contributed by atoms with E-state index in [1.165, 1.54) is 0 Å². The number of hydrogen-bond acceptors (Lipinski definition) is 9. The first-order chi connectivity index (χ1) is 18.5. The fourth-order valence-corrected chi connectivity index (χ4v) is 3.96. The van der Waals surface area contributed by atoms with Crippen LogP contribution in [0.2, 0.25) is 0 Å². The Hall–Kier alpha value is -4.05. The predicted octanol–water partition coefficient (Wildman–Crippen LogP) is 3.42. The monoisotopic (exact) mass is 520 g/mol. The van der Waals surface area contributed by atoms with Gasteiger partial charge >= 0.3 is 17.9 Å². The highest BCUT2D eigenvalue weighted by Crippen LogP contribution is 2.30. The fraction of sp³-hybridized carbons (Fsp3) is 0.276. The molecule has 5 unspecified atom stereocenters. The quantitative estimate of drug-likeness (QED) is 0.317. The normalized spacial score (nSPS) is 21.3. The molecule has 4 rings (SSSR count). The van der Waals surface area contributed by atoms with Crippen LogP contribution < -0.4 is 0 Å². The van der Waals surface area contributed by atoms with Crippen molar-refractivity contribution in [2.45, 2.75) is 37.6 Å². The molecule has 5 atom stereocenters. The van der Waals surface area contributed by atoms with E-state index in [1.807, 2.05) is 0 Å². The van der Waals surface area contributed by atoms with Gasteiger partial charge in [-0.25, -0.2) is 14.4 Å². The standard InChI is InChI=1S/C29H28O9/c1-2-34-29-23(30)25(37-28(33)21-16-10-5-11-17-21)24(38-29)22(36-27(32)20-14-8-4-9-15-20)18-35-26(31)19-12-6-3-7-13-19/h3-17,22-25,29-30H,2,18H2,1H3. The van der Waals surface area contributed by atoms with E-state index in [-0.39, 0.29) is 17.7 Å². The lowest BCUT2D eigenvalue weighted by atomic mass is 10.1. The van der Waals surface area contributed by atoms with E-state index in [2.05, 4.69) is 0 Å². The highest BCUT2D eigenvalue weighted by Gasteiger charge is 2.52. The molecule has 1 saturated heterocycles. The summed E-state index contributed by atoms with van der Waals surface area (Å²) in [6.07, 6.45) is -6.30. The Labute approximate surface area is 219 Å². The molecule has 38 heavy (non-hydrogen) atoms. The second kappa shape index (κ2) is 13.0. The van der Waals surface area contributed by atoms with Crippen LogP contribution in [0.5, 0.6) is 0 Å². The number of carbonyl (C=O) groups is 3. The molecule has 9 heteroatoms. The Morgan fingerprint density at radius 2 is 1.29 bits per heavy atom. The van der Waals surface area contributed by atoms with Crippen molar-refractivity contribution >= 4 is 17.9 Å². The third-order valence-corrected chi connectivity index (χ3v) is 5.84. The SMILES string of the molecule is CCOC1OC(C(COC(=O)c2ccccc2)OC(=O)c2ccccc2)C(OC(=O)c2ccccc2)C1O. The summed E-state index contributed by atoms with van der Waals surface area (Å²) in [4.78, 5) is 38.4. The van der Waals surface area contributed by atoms with Crippen LogP contribution in [-0.2, 0) is 23.7 Å². The average Bonchev–Trinajstić information content (AvgIpc) is 3.26. The van der Waals surface area contributed by atoms with Gasteiger partial charge in [-0.1, -0.05) is 54.6 Å². The van der Waals surface area contributed by atoms with Crippen molar-refractivity contribution in [2.75, 3.05) is 13.2 Å². The summed E-state index contributed by atoms with van der Waals surface area (Å²) in [6, 6.07) is 24.7. The van der Waals surface area contributed by atoms with Gasteiger partial charge in [0.05, 0.1) is 16.7 Å². The molecule has 0 spiro atoms. The molecular formula is C29H28O9.